The van der Waals surface area contributed by atoms with Crippen molar-refractivity contribution in [3.8, 4) is 11.5 Å². The van der Waals surface area contributed by atoms with E-state index in [1.165, 1.54) is 6.07 Å². The van der Waals surface area contributed by atoms with Crippen molar-refractivity contribution in [2.24, 2.45) is 7.05 Å². The van der Waals surface area contributed by atoms with Crippen molar-refractivity contribution in [1.82, 2.24) is 9.78 Å². The van der Waals surface area contributed by atoms with Crippen molar-refractivity contribution in [2.75, 3.05) is 13.2 Å². The molecule has 0 bridgehead atoms. The number of benzene rings is 1. The smallest absolute Gasteiger partial charge is 0.339 e. The second-order valence-electron chi connectivity index (χ2n) is 4.20. The highest BCUT2D eigenvalue weighted by atomic mass is 16.5. The second kappa shape index (κ2) is 6.60. The van der Waals surface area contributed by atoms with Crippen LogP contribution in [0.3, 0.4) is 0 Å². The lowest BCUT2D eigenvalue weighted by atomic mass is 10.2. The first-order valence-corrected chi connectivity index (χ1v) is 6.23. The Morgan fingerprint density at radius 2 is 2.05 bits per heavy atom. The monoisotopic (exact) mass is 276 g/mol. The number of aryl methyl sites for hydroxylation is 1. The van der Waals surface area contributed by atoms with Gasteiger partial charge in [0.1, 0.15) is 11.3 Å². The van der Waals surface area contributed by atoms with E-state index in [1.54, 1.807) is 35.3 Å². The minimum absolute atomic E-state index is 0.167. The zero-order valence-electron chi connectivity index (χ0n) is 11.2. The second-order valence-corrected chi connectivity index (χ2v) is 4.20. The number of rotatable bonds is 7. The number of hydrogen-bond donors (Lipinski definition) is 1. The van der Waals surface area contributed by atoms with Crippen LogP contribution < -0.4 is 9.47 Å². The molecule has 20 heavy (non-hydrogen) atoms. The topological polar surface area (TPSA) is 73.6 Å². The highest BCUT2D eigenvalue weighted by molar-refractivity contribution is 5.90. The molecule has 2 rings (SSSR count). The molecule has 0 spiro atoms. The summed E-state index contributed by atoms with van der Waals surface area (Å²) in [5.74, 6) is 0.0898. The van der Waals surface area contributed by atoms with E-state index in [1.807, 2.05) is 7.05 Å². The summed E-state index contributed by atoms with van der Waals surface area (Å²) in [6.45, 7) is 0.880. The summed E-state index contributed by atoms with van der Waals surface area (Å²) < 4.78 is 12.6. The molecule has 0 aliphatic rings. The molecule has 106 valence electrons. The molecule has 1 aromatic heterocycles. The van der Waals surface area contributed by atoms with Crippen molar-refractivity contribution in [2.45, 2.75) is 6.42 Å². The Labute approximate surface area is 116 Å². The first kappa shape index (κ1) is 13.9. The summed E-state index contributed by atoms with van der Waals surface area (Å²) in [7, 11) is 1.82. The predicted molar refractivity (Wildman–Crippen MR) is 72.2 cm³/mol. The maximum absolute atomic E-state index is 11.0. The molecule has 6 heteroatoms. The number of carboxylic acid groups (broad SMARTS) is 1. The van der Waals surface area contributed by atoms with Gasteiger partial charge in [-0.15, -0.1) is 0 Å². The Morgan fingerprint density at radius 3 is 2.75 bits per heavy atom. The zero-order valence-corrected chi connectivity index (χ0v) is 11.2. The summed E-state index contributed by atoms with van der Waals surface area (Å²) >= 11 is 0. The van der Waals surface area contributed by atoms with Crippen molar-refractivity contribution < 1.29 is 19.4 Å². The molecule has 2 aromatic rings. The van der Waals surface area contributed by atoms with Gasteiger partial charge in [-0.1, -0.05) is 12.1 Å². The number of ether oxygens (including phenoxy) is 2. The average molecular weight is 276 g/mol. The molecule has 0 unspecified atom stereocenters. The maximum Gasteiger partial charge on any atom is 0.339 e. The fourth-order valence-corrected chi connectivity index (χ4v) is 1.67. The van der Waals surface area contributed by atoms with Gasteiger partial charge in [0.2, 0.25) is 0 Å². The number of aromatic carboxylic acids is 1. The van der Waals surface area contributed by atoms with Crippen LogP contribution in [0, 0.1) is 0 Å². The molecule has 0 saturated heterocycles. The first-order valence-electron chi connectivity index (χ1n) is 6.23. The van der Waals surface area contributed by atoms with Gasteiger partial charge >= 0.3 is 5.97 Å². The van der Waals surface area contributed by atoms with Crippen LogP contribution in [0.2, 0.25) is 0 Å². The minimum atomic E-state index is -0.993. The number of carbonyl (C=O) groups is 1. The third kappa shape index (κ3) is 3.74. The summed E-state index contributed by atoms with van der Waals surface area (Å²) in [5, 5.41) is 13.0. The van der Waals surface area contributed by atoms with Crippen molar-refractivity contribution in [3.05, 3.63) is 42.2 Å². The number of aromatic nitrogens is 2. The molecule has 1 aromatic carbocycles. The van der Waals surface area contributed by atoms with Crippen LogP contribution in [-0.2, 0) is 7.05 Å². The molecular weight excluding hydrogens is 260 g/mol. The van der Waals surface area contributed by atoms with E-state index in [9.17, 15) is 4.79 Å². The number of para-hydroxylation sites is 1. The fourth-order valence-electron chi connectivity index (χ4n) is 1.67. The Balaban J connectivity index is 1.75. The summed E-state index contributed by atoms with van der Waals surface area (Å²) in [4.78, 5) is 11.0. The van der Waals surface area contributed by atoms with Gasteiger partial charge in [0, 0.05) is 13.5 Å². The lowest BCUT2D eigenvalue weighted by molar-refractivity contribution is 0.0692. The third-order valence-corrected chi connectivity index (χ3v) is 2.61. The van der Waals surface area contributed by atoms with Gasteiger partial charge in [0.05, 0.1) is 25.6 Å². The number of hydrogen-bond acceptors (Lipinski definition) is 4. The minimum Gasteiger partial charge on any atom is -0.493 e. The van der Waals surface area contributed by atoms with Crippen molar-refractivity contribution in [1.29, 1.82) is 0 Å². The molecule has 0 radical (unpaired) electrons. The predicted octanol–water partition coefficient (Wildman–Crippen LogP) is 1.97. The zero-order chi connectivity index (χ0) is 14.4. The van der Waals surface area contributed by atoms with Gasteiger partial charge in [0.25, 0.3) is 0 Å². The van der Waals surface area contributed by atoms with Gasteiger partial charge in [-0.2, -0.15) is 5.10 Å². The van der Waals surface area contributed by atoms with Crippen LogP contribution in [0.15, 0.2) is 36.7 Å². The van der Waals surface area contributed by atoms with E-state index in [0.717, 1.165) is 0 Å². The molecule has 0 atom stereocenters. The highest BCUT2D eigenvalue weighted by Crippen LogP contribution is 2.17. The Kier molecular flexibility index (Phi) is 4.60. The fraction of sp³-hybridized carbons (Fsp3) is 0.286. The standard InChI is InChI=1S/C14H16N2O4/c1-16-10-11(9-15-16)19-7-4-8-20-13-6-3-2-5-12(13)14(17)18/h2-3,5-6,9-10H,4,7-8H2,1H3,(H,17,18). The van der Waals surface area contributed by atoms with E-state index in [0.29, 0.717) is 31.1 Å². The van der Waals surface area contributed by atoms with Gasteiger partial charge in [-0.3, -0.25) is 4.68 Å². The van der Waals surface area contributed by atoms with Crippen LogP contribution in [0.4, 0.5) is 0 Å². The van der Waals surface area contributed by atoms with E-state index < -0.39 is 5.97 Å². The van der Waals surface area contributed by atoms with Gasteiger partial charge < -0.3 is 14.6 Å². The van der Waals surface area contributed by atoms with Crippen LogP contribution in [0.1, 0.15) is 16.8 Å². The Morgan fingerprint density at radius 1 is 1.30 bits per heavy atom. The van der Waals surface area contributed by atoms with Gasteiger partial charge in [0.15, 0.2) is 5.75 Å². The van der Waals surface area contributed by atoms with Crippen LogP contribution in [0.25, 0.3) is 0 Å². The molecule has 1 heterocycles. The summed E-state index contributed by atoms with van der Waals surface area (Å²) in [6, 6.07) is 6.57. The lowest BCUT2D eigenvalue weighted by Gasteiger charge is -2.09. The van der Waals surface area contributed by atoms with E-state index in [2.05, 4.69) is 5.10 Å². The van der Waals surface area contributed by atoms with Gasteiger partial charge in [-0.25, -0.2) is 4.79 Å². The molecule has 1 N–H and O–H groups in total. The van der Waals surface area contributed by atoms with Crippen LogP contribution >= 0.6 is 0 Å². The Bertz CT molecular complexity index is 580. The molecule has 0 saturated carbocycles. The highest BCUT2D eigenvalue weighted by Gasteiger charge is 2.09. The maximum atomic E-state index is 11.0. The van der Waals surface area contributed by atoms with Crippen LogP contribution in [-0.4, -0.2) is 34.1 Å². The van der Waals surface area contributed by atoms with Gasteiger partial charge in [-0.05, 0) is 12.1 Å². The molecule has 0 amide bonds. The van der Waals surface area contributed by atoms with E-state index in [-0.39, 0.29) is 5.56 Å². The molecule has 0 aliphatic carbocycles. The SMILES string of the molecule is Cn1cc(OCCCOc2ccccc2C(=O)O)cn1. The van der Waals surface area contributed by atoms with E-state index >= 15 is 0 Å². The molecular formula is C14H16N2O4. The number of nitrogens with zero attached hydrogens (tertiary/aromatic N) is 2. The quantitative estimate of drug-likeness (QED) is 0.783. The average Bonchev–Trinajstić information content (AvgIpc) is 2.84. The first-order chi connectivity index (χ1) is 9.66. The van der Waals surface area contributed by atoms with E-state index in [4.69, 9.17) is 14.6 Å². The largest absolute Gasteiger partial charge is 0.493 e. The number of carboxylic acids is 1. The normalized spacial score (nSPS) is 10.2. The Hall–Kier alpha value is -2.50. The summed E-state index contributed by atoms with van der Waals surface area (Å²) in [6.07, 6.45) is 4.07. The molecule has 0 aliphatic heterocycles. The lowest BCUT2D eigenvalue weighted by Crippen LogP contribution is -2.07. The van der Waals surface area contributed by atoms with Crippen molar-refractivity contribution >= 4 is 5.97 Å². The van der Waals surface area contributed by atoms with Crippen LogP contribution in [0.5, 0.6) is 11.5 Å². The van der Waals surface area contributed by atoms with Crippen molar-refractivity contribution in [3.63, 3.8) is 0 Å². The molecule has 6 nitrogen and oxygen atoms in total. The molecule has 0 fully saturated rings. The third-order valence-electron chi connectivity index (χ3n) is 2.61. The summed E-state index contributed by atoms with van der Waals surface area (Å²) in [5.41, 5.74) is 0.167.